The molecule has 2 heterocycles. The number of rotatable bonds is 4. The number of aryl methyl sites for hydroxylation is 2. The van der Waals surface area contributed by atoms with Gasteiger partial charge in [0, 0.05) is 48.9 Å². The molecule has 116 valence electrons. The molecule has 0 aliphatic heterocycles. The SMILES string of the molecule is Cc1cccc(C(=O)NCc2cncc(-c3cnn(C)c3)c2)c1. The van der Waals surface area contributed by atoms with Crippen LogP contribution < -0.4 is 5.32 Å². The minimum atomic E-state index is -0.0829. The highest BCUT2D eigenvalue weighted by atomic mass is 16.1. The normalized spacial score (nSPS) is 10.5. The summed E-state index contributed by atoms with van der Waals surface area (Å²) < 4.78 is 1.75. The van der Waals surface area contributed by atoms with Crippen molar-refractivity contribution in [3.05, 3.63) is 71.8 Å². The molecule has 0 saturated heterocycles. The standard InChI is InChI=1S/C18H18N4O/c1-13-4-3-5-15(6-13)18(23)20-9-14-7-16(10-19-8-14)17-11-21-22(2)12-17/h3-8,10-12H,9H2,1-2H3,(H,20,23). The second-order valence-corrected chi connectivity index (χ2v) is 5.54. The number of amides is 1. The number of nitrogens with one attached hydrogen (secondary N) is 1. The second kappa shape index (κ2) is 6.44. The van der Waals surface area contributed by atoms with Gasteiger partial charge in [-0.2, -0.15) is 5.10 Å². The average molecular weight is 306 g/mol. The van der Waals surface area contributed by atoms with Crippen LogP contribution in [-0.4, -0.2) is 20.7 Å². The number of benzene rings is 1. The first-order valence-electron chi connectivity index (χ1n) is 7.39. The third-order valence-corrected chi connectivity index (χ3v) is 3.57. The van der Waals surface area contributed by atoms with Gasteiger partial charge in [-0.05, 0) is 30.7 Å². The van der Waals surface area contributed by atoms with E-state index in [0.717, 1.165) is 22.3 Å². The number of aromatic nitrogens is 3. The molecule has 0 atom stereocenters. The first kappa shape index (κ1) is 15.0. The zero-order chi connectivity index (χ0) is 16.2. The number of hydrogen-bond acceptors (Lipinski definition) is 3. The predicted octanol–water partition coefficient (Wildman–Crippen LogP) is 2.72. The minimum absolute atomic E-state index is 0.0829. The zero-order valence-electron chi connectivity index (χ0n) is 13.2. The summed E-state index contributed by atoms with van der Waals surface area (Å²) in [6.45, 7) is 2.41. The van der Waals surface area contributed by atoms with Crippen molar-refractivity contribution in [1.29, 1.82) is 0 Å². The quantitative estimate of drug-likeness (QED) is 0.806. The number of nitrogens with zero attached hydrogens (tertiary/aromatic N) is 3. The van der Waals surface area contributed by atoms with Crippen LogP contribution in [0.25, 0.3) is 11.1 Å². The Bertz CT molecular complexity index is 838. The van der Waals surface area contributed by atoms with Crippen molar-refractivity contribution in [1.82, 2.24) is 20.1 Å². The lowest BCUT2D eigenvalue weighted by Crippen LogP contribution is -2.22. The summed E-state index contributed by atoms with van der Waals surface area (Å²) in [7, 11) is 1.88. The van der Waals surface area contributed by atoms with Crippen molar-refractivity contribution in [2.45, 2.75) is 13.5 Å². The third-order valence-electron chi connectivity index (χ3n) is 3.57. The molecule has 0 aliphatic carbocycles. The van der Waals surface area contributed by atoms with Crippen LogP contribution in [-0.2, 0) is 13.6 Å². The van der Waals surface area contributed by atoms with Gasteiger partial charge in [0.05, 0.1) is 6.20 Å². The summed E-state index contributed by atoms with van der Waals surface area (Å²) in [6, 6.07) is 9.56. The molecule has 3 aromatic rings. The van der Waals surface area contributed by atoms with Crippen molar-refractivity contribution in [3.63, 3.8) is 0 Å². The maximum Gasteiger partial charge on any atom is 0.251 e. The Labute approximate surface area is 135 Å². The van der Waals surface area contributed by atoms with Crippen molar-refractivity contribution < 1.29 is 4.79 Å². The highest BCUT2D eigenvalue weighted by Crippen LogP contribution is 2.18. The third kappa shape index (κ3) is 3.63. The highest BCUT2D eigenvalue weighted by Gasteiger charge is 2.07. The highest BCUT2D eigenvalue weighted by molar-refractivity contribution is 5.94. The van der Waals surface area contributed by atoms with Crippen LogP contribution in [0.2, 0.25) is 0 Å². The van der Waals surface area contributed by atoms with Gasteiger partial charge in [0.25, 0.3) is 5.91 Å². The monoisotopic (exact) mass is 306 g/mol. The van der Waals surface area contributed by atoms with Gasteiger partial charge in [-0.3, -0.25) is 14.5 Å². The molecule has 0 fully saturated rings. The summed E-state index contributed by atoms with van der Waals surface area (Å²) >= 11 is 0. The van der Waals surface area contributed by atoms with E-state index in [2.05, 4.69) is 15.4 Å². The maximum absolute atomic E-state index is 12.2. The van der Waals surface area contributed by atoms with E-state index in [1.54, 1.807) is 23.3 Å². The van der Waals surface area contributed by atoms with Crippen molar-refractivity contribution in [3.8, 4) is 11.1 Å². The molecule has 23 heavy (non-hydrogen) atoms. The van der Waals surface area contributed by atoms with Gasteiger partial charge in [0.15, 0.2) is 0 Å². The van der Waals surface area contributed by atoms with Gasteiger partial charge in [0.2, 0.25) is 0 Å². The van der Waals surface area contributed by atoms with Crippen molar-refractivity contribution in [2.24, 2.45) is 7.05 Å². The molecule has 3 rings (SSSR count). The van der Waals surface area contributed by atoms with E-state index >= 15 is 0 Å². The summed E-state index contributed by atoms with van der Waals surface area (Å²) in [5, 5.41) is 7.09. The molecule has 1 N–H and O–H groups in total. The van der Waals surface area contributed by atoms with E-state index in [4.69, 9.17) is 0 Å². The minimum Gasteiger partial charge on any atom is -0.348 e. The van der Waals surface area contributed by atoms with Crippen molar-refractivity contribution >= 4 is 5.91 Å². The molecule has 5 nitrogen and oxygen atoms in total. The maximum atomic E-state index is 12.2. The first-order chi connectivity index (χ1) is 11.1. The fourth-order valence-electron chi connectivity index (χ4n) is 2.38. The molecule has 5 heteroatoms. The lowest BCUT2D eigenvalue weighted by Gasteiger charge is -2.07. The summed E-state index contributed by atoms with van der Waals surface area (Å²) in [5.41, 5.74) is 4.68. The van der Waals surface area contributed by atoms with Gasteiger partial charge < -0.3 is 5.32 Å². The topological polar surface area (TPSA) is 59.8 Å². The van der Waals surface area contributed by atoms with Gasteiger partial charge >= 0.3 is 0 Å². The molecule has 0 saturated carbocycles. The number of carbonyl (C=O) groups is 1. The summed E-state index contributed by atoms with van der Waals surface area (Å²) in [6.07, 6.45) is 7.29. The molecule has 0 bridgehead atoms. The Kier molecular flexibility index (Phi) is 4.19. The Morgan fingerprint density at radius 3 is 2.78 bits per heavy atom. The first-order valence-corrected chi connectivity index (χ1v) is 7.39. The number of hydrogen-bond donors (Lipinski definition) is 1. The Morgan fingerprint density at radius 1 is 1.17 bits per heavy atom. The smallest absolute Gasteiger partial charge is 0.251 e. The molecule has 0 aliphatic rings. The Balaban J connectivity index is 1.70. The molecule has 0 spiro atoms. The summed E-state index contributed by atoms with van der Waals surface area (Å²) in [4.78, 5) is 16.4. The van der Waals surface area contributed by atoms with E-state index in [-0.39, 0.29) is 5.91 Å². The lowest BCUT2D eigenvalue weighted by atomic mass is 10.1. The van der Waals surface area contributed by atoms with E-state index in [0.29, 0.717) is 12.1 Å². The molecule has 2 aromatic heterocycles. The van der Waals surface area contributed by atoms with E-state index in [1.165, 1.54) is 0 Å². The largest absolute Gasteiger partial charge is 0.348 e. The summed E-state index contributed by atoms with van der Waals surface area (Å²) in [5.74, 6) is -0.0829. The number of carbonyl (C=O) groups excluding carboxylic acids is 1. The second-order valence-electron chi connectivity index (χ2n) is 5.54. The molecule has 0 unspecified atom stereocenters. The van der Waals surface area contributed by atoms with Gasteiger partial charge in [-0.1, -0.05) is 17.7 Å². The molecular weight excluding hydrogens is 288 g/mol. The van der Waals surface area contributed by atoms with Crippen LogP contribution >= 0.6 is 0 Å². The molecule has 0 radical (unpaired) electrons. The molecule has 1 amide bonds. The van der Waals surface area contributed by atoms with E-state index in [9.17, 15) is 4.79 Å². The van der Waals surface area contributed by atoms with Crippen LogP contribution in [0.3, 0.4) is 0 Å². The fraction of sp³-hybridized carbons (Fsp3) is 0.167. The fourth-order valence-corrected chi connectivity index (χ4v) is 2.38. The van der Waals surface area contributed by atoms with Crippen LogP contribution in [0, 0.1) is 6.92 Å². The Morgan fingerprint density at radius 2 is 2.04 bits per heavy atom. The molecular formula is C18H18N4O. The van der Waals surface area contributed by atoms with Crippen LogP contribution in [0.15, 0.2) is 55.1 Å². The Hall–Kier alpha value is -2.95. The van der Waals surface area contributed by atoms with Crippen LogP contribution in [0.1, 0.15) is 21.5 Å². The van der Waals surface area contributed by atoms with E-state index < -0.39 is 0 Å². The number of pyridine rings is 1. The van der Waals surface area contributed by atoms with Crippen LogP contribution in [0.5, 0.6) is 0 Å². The zero-order valence-corrected chi connectivity index (χ0v) is 13.2. The average Bonchev–Trinajstić information content (AvgIpc) is 2.99. The lowest BCUT2D eigenvalue weighted by molar-refractivity contribution is 0.0951. The van der Waals surface area contributed by atoms with Gasteiger partial charge in [-0.15, -0.1) is 0 Å². The van der Waals surface area contributed by atoms with E-state index in [1.807, 2.05) is 50.5 Å². The molecule has 1 aromatic carbocycles. The van der Waals surface area contributed by atoms with Gasteiger partial charge in [0.1, 0.15) is 0 Å². The van der Waals surface area contributed by atoms with Crippen molar-refractivity contribution in [2.75, 3.05) is 0 Å². The van der Waals surface area contributed by atoms with Gasteiger partial charge in [-0.25, -0.2) is 0 Å². The van der Waals surface area contributed by atoms with Crippen LogP contribution in [0.4, 0.5) is 0 Å². The predicted molar refractivity (Wildman–Crippen MR) is 88.8 cm³/mol.